The highest BCUT2D eigenvalue weighted by atomic mass is 16.5. The summed E-state index contributed by atoms with van der Waals surface area (Å²) in [6.45, 7) is 10.4. The van der Waals surface area contributed by atoms with E-state index in [1.165, 1.54) is 45.3 Å². The van der Waals surface area contributed by atoms with E-state index in [1.54, 1.807) is 0 Å². The topological polar surface area (TPSA) is 24.5 Å². The Labute approximate surface area is 106 Å². The quantitative estimate of drug-likeness (QED) is 0.717. The van der Waals surface area contributed by atoms with Gasteiger partial charge in [0.25, 0.3) is 0 Å². The summed E-state index contributed by atoms with van der Waals surface area (Å²) in [5, 5.41) is 3.55. The molecule has 3 atom stereocenters. The summed E-state index contributed by atoms with van der Waals surface area (Å²) in [5.41, 5.74) is 0. The van der Waals surface area contributed by atoms with Crippen LogP contribution in [0.1, 0.15) is 39.5 Å². The third kappa shape index (κ3) is 3.67. The van der Waals surface area contributed by atoms with Crippen LogP contribution in [0, 0.1) is 5.92 Å². The summed E-state index contributed by atoms with van der Waals surface area (Å²) < 4.78 is 5.80. The van der Waals surface area contributed by atoms with E-state index in [2.05, 4.69) is 24.1 Å². The smallest absolute Gasteiger partial charge is 0.0728 e. The molecule has 2 saturated heterocycles. The first-order valence-electron chi connectivity index (χ1n) is 7.37. The van der Waals surface area contributed by atoms with Crippen molar-refractivity contribution in [2.45, 2.75) is 51.7 Å². The molecule has 3 heteroatoms. The number of ether oxygens (including phenoxy) is 1. The fourth-order valence-corrected chi connectivity index (χ4v) is 3.10. The van der Waals surface area contributed by atoms with E-state index in [0.29, 0.717) is 12.1 Å². The second-order valence-corrected chi connectivity index (χ2v) is 5.65. The molecule has 17 heavy (non-hydrogen) atoms. The Kier molecular flexibility index (Phi) is 5.26. The van der Waals surface area contributed by atoms with Crippen molar-refractivity contribution in [3.63, 3.8) is 0 Å². The van der Waals surface area contributed by atoms with Gasteiger partial charge in [-0.2, -0.15) is 0 Å². The maximum atomic E-state index is 5.80. The molecule has 2 heterocycles. The molecule has 2 rings (SSSR count). The van der Waals surface area contributed by atoms with Crippen molar-refractivity contribution in [3.8, 4) is 0 Å². The van der Waals surface area contributed by atoms with Gasteiger partial charge in [0, 0.05) is 19.2 Å². The van der Waals surface area contributed by atoms with Crippen molar-refractivity contribution in [2.24, 2.45) is 5.92 Å². The van der Waals surface area contributed by atoms with Crippen molar-refractivity contribution in [1.29, 1.82) is 0 Å². The lowest BCUT2D eigenvalue weighted by Gasteiger charge is -2.28. The predicted octanol–water partition coefficient (Wildman–Crippen LogP) is 1.88. The van der Waals surface area contributed by atoms with E-state index >= 15 is 0 Å². The van der Waals surface area contributed by atoms with Crippen LogP contribution in [0.25, 0.3) is 0 Å². The minimum atomic E-state index is 0.498. The van der Waals surface area contributed by atoms with Crippen molar-refractivity contribution in [2.75, 3.05) is 32.8 Å². The average Bonchev–Trinajstić information content (AvgIpc) is 3.00. The number of likely N-dealkylation sites (tertiary alicyclic amines) is 1. The fourth-order valence-electron chi connectivity index (χ4n) is 3.10. The van der Waals surface area contributed by atoms with E-state index < -0.39 is 0 Å². The van der Waals surface area contributed by atoms with Gasteiger partial charge in [0.05, 0.1) is 6.10 Å². The Balaban J connectivity index is 1.69. The van der Waals surface area contributed by atoms with Crippen LogP contribution in [0.15, 0.2) is 0 Å². The zero-order valence-electron chi connectivity index (χ0n) is 11.5. The second kappa shape index (κ2) is 6.72. The molecule has 0 radical (unpaired) electrons. The molecule has 0 aromatic heterocycles. The Bertz CT molecular complexity index is 216. The van der Waals surface area contributed by atoms with Crippen molar-refractivity contribution in [3.05, 3.63) is 0 Å². The van der Waals surface area contributed by atoms with Crippen LogP contribution >= 0.6 is 0 Å². The minimum Gasteiger partial charge on any atom is -0.377 e. The molecule has 0 amide bonds. The average molecular weight is 240 g/mol. The number of nitrogens with zero attached hydrogens (tertiary/aromatic N) is 1. The van der Waals surface area contributed by atoms with Crippen LogP contribution in [0.3, 0.4) is 0 Å². The van der Waals surface area contributed by atoms with Crippen LogP contribution in [-0.4, -0.2) is 49.8 Å². The summed E-state index contributed by atoms with van der Waals surface area (Å²) in [4.78, 5) is 2.63. The Hall–Kier alpha value is -0.120. The Morgan fingerprint density at radius 3 is 3.00 bits per heavy atom. The second-order valence-electron chi connectivity index (χ2n) is 5.65. The lowest BCUT2D eigenvalue weighted by Crippen LogP contribution is -2.40. The van der Waals surface area contributed by atoms with Crippen LogP contribution in [0.5, 0.6) is 0 Å². The molecule has 3 unspecified atom stereocenters. The summed E-state index contributed by atoms with van der Waals surface area (Å²) in [6, 6.07) is 0.619. The van der Waals surface area contributed by atoms with Gasteiger partial charge in [-0.25, -0.2) is 0 Å². The number of hydrogen-bond donors (Lipinski definition) is 1. The minimum absolute atomic E-state index is 0.498. The monoisotopic (exact) mass is 240 g/mol. The predicted molar refractivity (Wildman–Crippen MR) is 71.3 cm³/mol. The molecular formula is C14H28N2O. The zero-order valence-corrected chi connectivity index (χ0v) is 11.5. The van der Waals surface area contributed by atoms with Gasteiger partial charge in [0.15, 0.2) is 0 Å². The lowest BCUT2D eigenvalue weighted by atomic mass is 10.1. The number of hydrogen-bond acceptors (Lipinski definition) is 3. The van der Waals surface area contributed by atoms with Crippen LogP contribution < -0.4 is 5.32 Å². The number of rotatable bonds is 6. The Morgan fingerprint density at radius 2 is 2.29 bits per heavy atom. The van der Waals surface area contributed by atoms with Crippen LogP contribution in [0.2, 0.25) is 0 Å². The summed E-state index contributed by atoms with van der Waals surface area (Å²) in [7, 11) is 0. The molecule has 2 aliphatic heterocycles. The largest absolute Gasteiger partial charge is 0.377 e. The van der Waals surface area contributed by atoms with E-state index in [4.69, 9.17) is 4.74 Å². The van der Waals surface area contributed by atoms with Gasteiger partial charge in [-0.15, -0.1) is 0 Å². The van der Waals surface area contributed by atoms with E-state index in [1.807, 2.05) is 0 Å². The molecule has 0 aromatic carbocycles. The van der Waals surface area contributed by atoms with Gasteiger partial charge in [-0.05, 0) is 58.2 Å². The molecule has 0 saturated carbocycles. The number of nitrogens with one attached hydrogen (secondary N) is 1. The van der Waals surface area contributed by atoms with Crippen LogP contribution in [0.4, 0.5) is 0 Å². The SMILES string of the molecule is CCCNCC1CCN(C(C)C2CCCO2)C1. The first-order valence-corrected chi connectivity index (χ1v) is 7.37. The standard InChI is InChI=1S/C14H28N2O/c1-3-7-15-10-13-6-8-16(11-13)12(2)14-5-4-9-17-14/h12-15H,3-11H2,1-2H3. The molecule has 2 aliphatic rings. The van der Waals surface area contributed by atoms with Crippen molar-refractivity contribution in [1.82, 2.24) is 10.2 Å². The molecule has 2 fully saturated rings. The third-order valence-corrected chi connectivity index (χ3v) is 4.26. The summed E-state index contributed by atoms with van der Waals surface area (Å²) in [5.74, 6) is 0.852. The molecule has 3 nitrogen and oxygen atoms in total. The highest BCUT2D eigenvalue weighted by Gasteiger charge is 2.31. The van der Waals surface area contributed by atoms with E-state index in [9.17, 15) is 0 Å². The Morgan fingerprint density at radius 1 is 1.41 bits per heavy atom. The normalized spacial score (nSPS) is 32.1. The zero-order chi connectivity index (χ0) is 12.1. The molecule has 100 valence electrons. The maximum absolute atomic E-state index is 5.80. The van der Waals surface area contributed by atoms with Gasteiger partial charge in [-0.1, -0.05) is 6.92 Å². The van der Waals surface area contributed by atoms with Gasteiger partial charge in [-0.3, -0.25) is 4.90 Å². The highest BCUT2D eigenvalue weighted by molar-refractivity contribution is 4.85. The summed E-state index contributed by atoms with van der Waals surface area (Å²) >= 11 is 0. The van der Waals surface area contributed by atoms with E-state index in [-0.39, 0.29) is 0 Å². The van der Waals surface area contributed by atoms with Crippen molar-refractivity contribution < 1.29 is 4.74 Å². The van der Waals surface area contributed by atoms with E-state index in [0.717, 1.165) is 19.1 Å². The third-order valence-electron chi connectivity index (χ3n) is 4.26. The first-order chi connectivity index (χ1) is 8.31. The molecular weight excluding hydrogens is 212 g/mol. The first kappa shape index (κ1) is 13.3. The maximum Gasteiger partial charge on any atom is 0.0728 e. The van der Waals surface area contributed by atoms with Gasteiger partial charge < -0.3 is 10.1 Å². The molecule has 0 aromatic rings. The lowest BCUT2D eigenvalue weighted by molar-refractivity contribution is 0.0393. The summed E-state index contributed by atoms with van der Waals surface area (Å²) in [6.07, 6.45) is 5.61. The van der Waals surface area contributed by atoms with Crippen molar-refractivity contribution >= 4 is 0 Å². The van der Waals surface area contributed by atoms with Gasteiger partial charge in [0.2, 0.25) is 0 Å². The highest BCUT2D eigenvalue weighted by Crippen LogP contribution is 2.24. The van der Waals surface area contributed by atoms with Gasteiger partial charge >= 0.3 is 0 Å². The molecule has 0 aliphatic carbocycles. The molecule has 0 bridgehead atoms. The fraction of sp³-hybridized carbons (Fsp3) is 1.00. The van der Waals surface area contributed by atoms with Crippen LogP contribution in [-0.2, 0) is 4.74 Å². The van der Waals surface area contributed by atoms with Gasteiger partial charge in [0.1, 0.15) is 0 Å². The molecule has 0 spiro atoms. The molecule has 1 N–H and O–H groups in total.